The second-order valence-electron chi connectivity index (χ2n) is 7.85. The molecule has 3 aromatic heterocycles. The molecule has 9 nitrogen and oxygen atoms in total. The van der Waals surface area contributed by atoms with E-state index >= 15 is 0 Å². The number of hydrogen-bond acceptors (Lipinski definition) is 8. The van der Waals surface area contributed by atoms with Gasteiger partial charge in [-0.05, 0) is 62.5 Å². The number of hydrogen-bond donors (Lipinski definition) is 1. The summed E-state index contributed by atoms with van der Waals surface area (Å²) in [6.45, 7) is 5.14. The number of nitrogens with zero attached hydrogens (tertiary/aromatic N) is 7. The second kappa shape index (κ2) is 8.73. The molecule has 31 heavy (non-hydrogen) atoms. The lowest BCUT2D eigenvalue weighted by atomic mass is 10.00. The fourth-order valence-corrected chi connectivity index (χ4v) is 3.77. The summed E-state index contributed by atoms with van der Waals surface area (Å²) in [6.07, 6.45) is 5.70. The van der Waals surface area contributed by atoms with Gasteiger partial charge in [-0.15, -0.1) is 5.10 Å². The number of fused-ring (bicyclic) bond motifs is 2. The number of nitrogens with one attached hydrogen (secondary N) is 1. The van der Waals surface area contributed by atoms with Gasteiger partial charge in [-0.2, -0.15) is 0 Å². The molecule has 0 unspecified atom stereocenters. The summed E-state index contributed by atoms with van der Waals surface area (Å²) in [5.74, 6) is 0.550. The molecule has 158 valence electrons. The SMILES string of the molecule is C/C(=N\OCC1CCNCC1)c1cnc2nnn(Cc3ccc4ncccc4c3)c2n1. The Morgan fingerprint density at radius 2 is 2.13 bits per heavy atom. The van der Waals surface area contributed by atoms with Gasteiger partial charge in [-0.1, -0.05) is 22.5 Å². The molecular formula is C22H24N8O. The summed E-state index contributed by atoms with van der Waals surface area (Å²) in [5, 5.41) is 17.1. The van der Waals surface area contributed by atoms with E-state index in [2.05, 4.69) is 36.8 Å². The zero-order chi connectivity index (χ0) is 21.0. The van der Waals surface area contributed by atoms with E-state index in [1.807, 2.05) is 31.2 Å². The van der Waals surface area contributed by atoms with Crippen molar-refractivity contribution in [3.63, 3.8) is 0 Å². The largest absolute Gasteiger partial charge is 0.395 e. The number of pyridine rings is 1. The maximum Gasteiger partial charge on any atom is 0.221 e. The third-order valence-electron chi connectivity index (χ3n) is 5.57. The van der Waals surface area contributed by atoms with Crippen LogP contribution < -0.4 is 5.32 Å². The molecule has 0 bridgehead atoms. The minimum absolute atomic E-state index is 0.509. The summed E-state index contributed by atoms with van der Waals surface area (Å²) in [7, 11) is 0. The lowest BCUT2D eigenvalue weighted by molar-refractivity contribution is 0.0944. The molecule has 9 heteroatoms. The molecular weight excluding hydrogens is 392 g/mol. The van der Waals surface area contributed by atoms with Gasteiger partial charge in [-0.3, -0.25) is 4.98 Å². The predicted octanol–water partition coefficient (Wildman–Crippen LogP) is 2.56. The van der Waals surface area contributed by atoms with Crippen LogP contribution in [0.3, 0.4) is 0 Å². The van der Waals surface area contributed by atoms with E-state index in [4.69, 9.17) is 9.82 Å². The first kappa shape index (κ1) is 19.5. The van der Waals surface area contributed by atoms with Crippen molar-refractivity contribution in [1.82, 2.24) is 35.3 Å². The molecule has 1 N–H and O–H groups in total. The summed E-state index contributed by atoms with van der Waals surface area (Å²) in [5.41, 5.74) is 4.53. The Morgan fingerprint density at radius 3 is 3.03 bits per heavy atom. The summed E-state index contributed by atoms with van der Waals surface area (Å²) < 4.78 is 1.76. The highest BCUT2D eigenvalue weighted by Crippen LogP contribution is 2.16. The fourth-order valence-electron chi connectivity index (χ4n) is 3.77. The highest BCUT2D eigenvalue weighted by Gasteiger charge is 2.14. The molecule has 0 saturated carbocycles. The van der Waals surface area contributed by atoms with Crippen LogP contribution in [0.4, 0.5) is 0 Å². The molecule has 0 amide bonds. The lowest BCUT2D eigenvalue weighted by Crippen LogP contribution is -2.29. The Labute approximate surface area is 179 Å². The van der Waals surface area contributed by atoms with Crippen molar-refractivity contribution in [3.05, 3.63) is 54.0 Å². The maximum atomic E-state index is 5.60. The molecule has 0 aliphatic carbocycles. The van der Waals surface area contributed by atoms with E-state index in [1.54, 1.807) is 17.1 Å². The smallest absolute Gasteiger partial charge is 0.221 e. The summed E-state index contributed by atoms with van der Waals surface area (Å²) >= 11 is 0. The minimum Gasteiger partial charge on any atom is -0.395 e. The van der Waals surface area contributed by atoms with Gasteiger partial charge in [-0.25, -0.2) is 14.6 Å². The van der Waals surface area contributed by atoms with Crippen LogP contribution in [0.1, 0.15) is 31.0 Å². The average Bonchev–Trinajstić information content (AvgIpc) is 3.21. The molecule has 0 radical (unpaired) electrons. The van der Waals surface area contributed by atoms with Crippen LogP contribution in [-0.2, 0) is 11.4 Å². The quantitative estimate of drug-likeness (QED) is 0.381. The zero-order valence-corrected chi connectivity index (χ0v) is 17.4. The Bertz CT molecular complexity index is 1230. The predicted molar refractivity (Wildman–Crippen MR) is 118 cm³/mol. The molecule has 4 heterocycles. The van der Waals surface area contributed by atoms with Crippen molar-refractivity contribution in [2.24, 2.45) is 11.1 Å². The van der Waals surface area contributed by atoms with E-state index in [0.29, 0.717) is 41.8 Å². The van der Waals surface area contributed by atoms with Crippen molar-refractivity contribution >= 4 is 27.9 Å². The molecule has 0 spiro atoms. The molecule has 0 atom stereocenters. The molecule has 1 fully saturated rings. The van der Waals surface area contributed by atoms with E-state index in [9.17, 15) is 0 Å². The fraction of sp³-hybridized carbons (Fsp3) is 0.364. The normalized spacial score (nSPS) is 15.6. The van der Waals surface area contributed by atoms with Crippen LogP contribution in [0.2, 0.25) is 0 Å². The molecule has 1 aliphatic heterocycles. The number of rotatable bonds is 6. The van der Waals surface area contributed by atoms with Gasteiger partial charge in [0, 0.05) is 11.6 Å². The Kier molecular flexibility index (Phi) is 5.49. The maximum absolute atomic E-state index is 5.60. The molecule has 4 aromatic rings. The van der Waals surface area contributed by atoms with Crippen LogP contribution in [0, 0.1) is 5.92 Å². The van der Waals surface area contributed by atoms with Crippen LogP contribution in [0.5, 0.6) is 0 Å². The van der Waals surface area contributed by atoms with E-state index in [0.717, 1.165) is 42.4 Å². The van der Waals surface area contributed by atoms with Crippen molar-refractivity contribution in [3.8, 4) is 0 Å². The second-order valence-corrected chi connectivity index (χ2v) is 7.85. The van der Waals surface area contributed by atoms with E-state index < -0.39 is 0 Å². The van der Waals surface area contributed by atoms with E-state index in [-0.39, 0.29) is 0 Å². The first-order chi connectivity index (χ1) is 15.3. The summed E-state index contributed by atoms with van der Waals surface area (Å²) in [4.78, 5) is 19.1. The molecule has 1 aliphatic rings. The van der Waals surface area contributed by atoms with Gasteiger partial charge in [0.05, 0.1) is 18.3 Å². The first-order valence-electron chi connectivity index (χ1n) is 10.5. The van der Waals surface area contributed by atoms with Crippen LogP contribution >= 0.6 is 0 Å². The third-order valence-corrected chi connectivity index (χ3v) is 5.57. The average molecular weight is 416 g/mol. The summed E-state index contributed by atoms with van der Waals surface area (Å²) in [6, 6.07) is 10.1. The Morgan fingerprint density at radius 1 is 1.23 bits per heavy atom. The van der Waals surface area contributed by atoms with Crippen molar-refractivity contribution in [2.75, 3.05) is 19.7 Å². The Balaban J connectivity index is 1.34. The van der Waals surface area contributed by atoms with Crippen LogP contribution in [-0.4, -0.2) is 55.4 Å². The highest BCUT2D eigenvalue weighted by molar-refractivity contribution is 5.97. The van der Waals surface area contributed by atoms with Gasteiger partial charge in [0.25, 0.3) is 0 Å². The van der Waals surface area contributed by atoms with Gasteiger partial charge in [0.2, 0.25) is 5.65 Å². The van der Waals surface area contributed by atoms with Gasteiger partial charge < -0.3 is 10.2 Å². The first-order valence-corrected chi connectivity index (χ1v) is 10.5. The van der Waals surface area contributed by atoms with Crippen LogP contribution in [0.25, 0.3) is 22.2 Å². The zero-order valence-electron chi connectivity index (χ0n) is 17.4. The topological polar surface area (TPSA) is 103 Å². The number of aromatic nitrogens is 6. The minimum atomic E-state index is 0.509. The number of oxime groups is 1. The molecule has 5 rings (SSSR count). The highest BCUT2D eigenvalue weighted by atomic mass is 16.6. The van der Waals surface area contributed by atoms with Gasteiger partial charge in [0.1, 0.15) is 18.0 Å². The Hall–Kier alpha value is -3.46. The van der Waals surface area contributed by atoms with E-state index in [1.165, 1.54) is 0 Å². The molecule has 1 aromatic carbocycles. The van der Waals surface area contributed by atoms with Crippen molar-refractivity contribution in [1.29, 1.82) is 0 Å². The van der Waals surface area contributed by atoms with Gasteiger partial charge >= 0.3 is 0 Å². The van der Waals surface area contributed by atoms with Crippen molar-refractivity contribution in [2.45, 2.75) is 26.3 Å². The lowest BCUT2D eigenvalue weighted by Gasteiger charge is -2.21. The van der Waals surface area contributed by atoms with Gasteiger partial charge in [0.15, 0.2) is 5.65 Å². The third kappa shape index (κ3) is 4.36. The monoisotopic (exact) mass is 416 g/mol. The van der Waals surface area contributed by atoms with Crippen molar-refractivity contribution < 1.29 is 4.84 Å². The number of piperidine rings is 1. The van der Waals surface area contributed by atoms with Crippen LogP contribution in [0.15, 0.2) is 47.9 Å². The number of benzene rings is 1. The standard InChI is InChI=1S/C22H24N8O/c1-15(28-31-14-16-6-9-23-10-7-16)20-12-25-21-22(26-20)30(29-27-21)13-17-4-5-19-18(11-17)3-2-8-24-19/h2-5,8,11-12,16,23H,6-7,9-10,13-14H2,1H3/b28-15+. The molecule has 1 saturated heterocycles.